The predicted octanol–water partition coefficient (Wildman–Crippen LogP) is 2.79. The van der Waals surface area contributed by atoms with Gasteiger partial charge in [-0.2, -0.15) is 10.4 Å². The lowest BCUT2D eigenvalue weighted by Crippen LogP contribution is -2.37. The van der Waals surface area contributed by atoms with Gasteiger partial charge >= 0.3 is 0 Å². The lowest BCUT2D eigenvalue weighted by atomic mass is 10.2. The number of fused-ring (bicyclic) bond motifs is 1. The van der Waals surface area contributed by atoms with Gasteiger partial charge < -0.3 is 4.90 Å². The third-order valence-electron chi connectivity index (χ3n) is 3.91. The molecule has 1 aromatic carbocycles. The van der Waals surface area contributed by atoms with Gasteiger partial charge in [-0.05, 0) is 19.1 Å². The van der Waals surface area contributed by atoms with E-state index in [0.717, 1.165) is 21.7 Å². The van der Waals surface area contributed by atoms with E-state index < -0.39 is 0 Å². The molecule has 0 aliphatic carbocycles. The zero-order chi connectivity index (χ0) is 18.5. The molecule has 7 nitrogen and oxygen atoms in total. The van der Waals surface area contributed by atoms with Crippen LogP contribution in [0.4, 0.5) is 5.69 Å². The fraction of sp³-hybridized carbons (Fsp3) is 0.278. The number of carbonyl (C=O) groups excluding carboxylic acids is 1. The molecule has 2 heterocycles. The number of benzene rings is 1. The largest absolute Gasteiger partial charge is 0.310 e. The summed E-state index contributed by atoms with van der Waals surface area (Å²) in [4.78, 5) is 23.2. The van der Waals surface area contributed by atoms with Crippen LogP contribution in [0.3, 0.4) is 0 Å². The first kappa shape index (κ1) is 17.9. The van der Waals surface area contributed by atoms with Crippen molar-refractivity contribution in [2.45, 2.75) is 23.6 Å². The van der Waals surface area contributed by atoms with E-state index in [2.05, 4.69) is 21.1 Å². The van der Waals surface area contributed by atoms with E-state index in [0.29, 0.717) is 6.54 Å². The minimum Gasteiger partial charge on any atom is -0.310 e. The Morgan fingerprint density at radius 3 is 2.85 bits per heavy atom. The summed E-state index contributed by atoms with van der Waals surface area (Å²) < 4.78 is 1.68. The van der Waals surface area contributed by atoms with Crippen LogP contribution in [0.15, 0.2) is 47.9 Å². The van der Waals surface area contributed by atoms with Crippen molar-refractivity contribution in [2.75, 3.05) is 11.4 Å². The predicted molar refractivity (Wildman–Crippen MR) is 101 cm³/mol. The molecule has 0 bridgehead atoms. The molecule has 0 aliphatic rings. The van der Waals surface area contributed by atoms with Crippen molar-refractivity contribution in [3.05, 3.63) is 42.9 Å². The van der Waals surface area contributed by atoms with Crippen molar-refractivity contribution in [3.63, 3.8) is 0 Å². The second-order valence-electron chi connectivity index (χ2n) is 5.68. The molecule has 8 heteroatoms. The minimum atomic E-state index is -0.368. The molecule has 0 aliphatic heterocycles. The van der Waals surface area contributed by atoms with Gasteiger partial charge in [-0.3, -0.25) is 9.48 Å². The lowest BCUT2D eigenvalue weighted by molar-refractivity contribution is -0.117. The summed E-state index contributed by atoms with van der Waals surface area (Å²) in [5.74, 6) is -0.0629. The molecule has 0 saturated heterocycles. The maximum absolute atomic E-state index is 13.0. The van der Waals surface area contributed by atoms with Crippen LogP contribution in [0.1, 0.15) is 13.3 Å². The van der Waals surface area contributed by atoms with Gasteiger partial charge in [0.1, 0.15) is 11.4 Å². The highest BCUT2D eigenvalue weighted by Gasteiger charge is 2.24. The maximum Gasteiger partial charge on any atom is 0.240 e. The molecule has 3 rings (SSSR count). The molecule has 1 amide bonds. The van der Waals surface area contributed by atoms with Crippen LogP contribution in [-0.4, -0.2) is 37.5 Å². The van der Waals surface area contributed by atoms with Crippen LogP contribution >= 0.6 is 11.8 Å². The summed E-state index contributed by atoms with van der Waals surface area (Å²) in [5, 5.41) is 14.3. The number of aromatic nitrogens is 4. The molecule has 0 spiro atoms. The van der Waals surface area contributed by atoms with Crippen molar-refractivity contribution >= 4 is 34.4 Å². The molecule has 1 atom stereocenters. The molecule has 1 unspecified atom stereocenters. The molecule has 0 N–H and O–H groups in total. The van der Waals surface area contributed by atoms with Gasteiger partial charge in [0.2, 0.25) is 5.91 Å². The van der Waals surface area contributed by atoms with Gasteiger partial charge in [-0.1, -0.05) is 30.0 Å². The highest BCUT2D eigenvalue weighted by atomic mass is 32.2. The molecule has 0 saturated carbocycles. The molecule has 0 fully saturated rings. The van der Waals surface area contributed by atoms with Crippen molar-refractivity contribution in [3.8, 4) is 6.07 Å². The minimum absolute atomic E-state index is 0.0629. The fourth-order valence-electron chi connectivity index (χ4n) is 2.61. The number of rotatable bonds is 6. The summed E-state index contributed by atoms with van der Waals surface area (Å²) in [6.45, 7) is 2.20. The number of amides is 1. The molecule has 0 radical (unpaired) electrons. The third-order valence-corrected chi connectivity index (χ3v) is 5.01. The zero-order valence-corrected chi connectivity index (χ0v) is 15.3. The number of nitrogens with zero attached hydrogens (tertiary/aromatic N) is 6. The van der Waals surface area contributed by atoms with Gasteiger partial charge in [0, 0.05) is 19.3 Å². The standard InChI is InChI=1S/C18H18N6OS/c1-13(26-17-15-11-22-23(2)16(15)20-12-21-17)18(25)24(10-6-9-19)14-7-4-3-5-8-14/h3-5,7-8,11-13H,6,10H2,1-2H3. The first-order valence-corrected chi connectivity index (χ1v) is 9.02. The van der Waals surface area contributed by atoms with E-state index >= 15 is 0 Å². The number of hydrogen-bond acceptors (Lipinski definition) is 6. The second kappa shape index (κ2) is 7.97. The normalized spacial score (nSPS) is 11.9. The van der Waals surface area contributed by atoms with Gasteiger partial charge in [-0.25, -0.2) is 9.97 Å². The average molecular weight is 366 g/mol. The summed E-state index contributed by atoms with van der Waals surface area (Å²) in [6, 6.07) is 11.5. The van der Waals surface area contributed by atoms with E-state index in [4.69, 9.17) is 5.26 Å². The first-order chi connectivity index (χ1) is 12.6. The summed E-state index contributed by atoms with van der Waals surface area (Å²) in [6.07, 6.45) is 3.46. The Morgan fingerprint density at radius 2 is 2.12 bits per heavy atom. The van der Waals surface area contributed by atoms with Gasteiger partial charge in [0.05, 0.1) is 29.3 Å². The highest BCUT2D eigenvalue weighted by molar-refractivity contribution is 8.00. The molecular formula is C18H18N6OS. The molecule has 26 heavy (non-hydrogen) atoms. The van der Waals surface area contributed by atoms with E-state index in [1.165, 1.54) is 18.1 Å². The Hall–Kier alpha value is -2.92. The van der Waals surface area contributed by atoms with Crippen molar-refractivity contribution in [1.29, 1.82) is 5.26 Å². The van der Waals surface area contributed by atoms with Crippen molar-refractivity contribution in [2.24, 2.45) is 7.05 Å². The van der Waals surface area contributed by atoms with Crippen LogP contribution in [0.2, 0.25) is 0 Å². The van der Waals surface area contributed by atoms with Crippen LogP contribution in [0.5, 0.6) is 0 Å². The Morgan fingerprint density at radius 1 is 1.35 bits per heavy atom. The van der Waals surface area contributed by atoms with Crippen LogP contribution in [0, 0.1) is 11.3 Å². The number of thioether (sulfide) groups is 1. The number of nitriles is 1. The Bertz CT molecular complexity index is 949. The molecule has 3 aromatic rings. The summed E-state index contributed by atoms with van der Waals surface area (Å²) in [5.41, 5.74) is 1.51. The van der Waals surface area contributed by atoms with E-state index in [1.54, 1.807) is 15.8 Å². The van der Waals surface area contributed by atoms with E-state index in [1.807, 2.05) is 44.3 Å². The van der Waals surface area contributed by atoms with E-state index in [9.17, 15) is 4.79 Å². The Balaban J connectivity index is 1.83. The zero-order valence-electron chi connectivity index (χ0n) is 14.5. The van der Waals surface area contributed by atoms with Crippen molar-refractivity contribution < 1.29 is 4.79 Å². The fourth-order valence-corrected chi connectivity index (χ4v) is 3.55. The molecular weight excluding hydrogens is 348 g/mol. The summed E-state index contributed by atoms with van der Waals surface area (Å²) in [7, 11) is 1.82. The van der Waals surface area contributed by atoms with E-state index in [-0.39, 0.29) is 17.6 Å². The van der Waals surface area contributed by atoms with Crippen LogP contribution in [0.25, 0.3) is 11.0 Å². The van der Waals surface area contributed by atoms with Gasteiger partial charge in [-0.15, -0.1) is 0 Å². The van der Waals surface area contributed by atoms with Gasteiger partial charge in [0.25, 0.3) is 0 Å². The smallest absolute Gasteiger partial charge is 0.240 e. The highest BCUT2D eigenvalue weighted by Crippen LogP contribution is 2.29. The van der Waals surface area contributed by atoms with Crippen molar-refractivity contribution in [1.82, 2.24) is 19.7 Å². The quantitative estimate of drug-likeness (QED) is 0.492. The summed E-state index contributed by atoms with van der Waals surface area (Å²) >= 11 is 1.37. The third kappa shape index (κ3) is 3.68. The number of para-hydroxylation sites is 1. The van der Waals surface area contributed by atoms with Crippen LogP contribution in [-0.2, 0) is 11.8 Å². The Labute approximate surface area is 155 Å². The second-order valence-corrected chi connectivity index (χ2v) is 7.01. The monoisotopic (exact) mass is 366 g/mol. The number of hydrogen-bond donors (Lipinski definition) is 0. The Kier molecular flexibility index (Phi) is 5.49. The van der Waals surface area contributed by atoms with Gasteiger partial charge in [0.15, 0.2) is 5.65 Å². The average Bonchev–Trinajstić information content (AvgIpc) is 3.05. The topological polar surface area (TPSA) is 87.7 Å². The first-order valence-electron chi connectivity index (χ1n) is 8.14. The maximum atomic E-state index is 13.0. The lowest BCUT2D eigenvalue weighted by Gasteiger charge is -2.24. The molecule has 132 valence electrons. The number of anilines is 1. The SMILES string of the molecule is CC(Sc1ncnc2c1cnn2C)C(=O)N(CCC#N)c1ccccc1. The van der Waals surface area contributed by atoms with Crippen LogP contribution < -0.4 is 4.90 Å². The molecule has 2 aromatic heterocycles. The number of carbonyl (C=O) groups is 1. The number of aryl methyl sites for hydroxylation is 1.